The quantitative estimate of drug-likeness (QED) is 0.822. The van der Waals surface area contributed by atoms with E-state index >= 15 is 0 Å². The summed E-state index contributed by atoms with van der Waals surface area (Å²) in [5.74, 6) is 3.75. The van der Waals surface area contributed by atoms with Gasteiger partial charge < -0.3 is 9.64 Å². The Kier molecular flexibility index (Phi) is 4.99. The lowest BCUT2D eigenvalue weighted by Gasteiger charge is -2.41. The van der Waals surface area contributed by atoms with Crippen molar-refractivity contribution in [3.63, 3.8) is 0 Å². The van der Waals surface area contributed by atoms with Crippen LogP contribution in [-0.2, 0) is 11.2 Å². The lowest BCUT2D eigenvalue weighted by molar-refractivity contribution is -0.138. The van der Waals surface area contributed by atoms with E-state index in [2.05, 4.69) is 27.6 Å². The van der Waals surface area contributed by atoms with E-state index in [4.69, 9.17) is 4.74 Å². The fraction of sp³-hybridized carbons (Fsp3) is 0.632. The fourth-order valence-electron chi connectivity index (χ4n) is 4.14. The van der Waals surface area contributed by atoms with Crippen molar-refractivity contribution in [2.24, 2.45) is 5.92 Å². The Hall–Kier alpha value is -1.20. The molecule has 5 heteroatoms. The summed E-state index contributed by atoms with van der Waals surface area (Å²) >= 11 is 2.06. The van der Waals surface area contributed by atoms with Crippen molar-refractivity contribution < 1.29 is 9.53 Å². The van der Waals surface area contributed by atoms with Crippen LogP contribution in [0.15, 0.2) is 24.3 Å². The number of nitrogens with zero attached hydrogens (tertiary/aromatic N) is 2. The molecule has 3 heterocycles. The van der Waals surface area contributed by atoms with Crippen LogP contribution in [0.4, 0.5) is 0 Å². The first kappa shape index (κ1) is 16.3. The normalized spacial score (nSPS) is 25.8. The van der Waals surface area contributed by atoms with Crippen molar-refractivity contribution in [2.75, 3.05) is 44.3 Å². The third kappa shape index (κ3) is 3.42. The number of rotatable bonds is 2. The molecule has 3 aliphatic heterocycles. The molecule has 2 saturated heterocycles. The van der Waals surface area contributed by atoms with Gasteiger partial charge in [-0.15, -0.1) is 0 Å². The van der Waals surface area contributed by atoms with Crippen LogP contribution in [0.5, 0.6) is 5.75 Å². The summed E-state index contributed by atoms with van der Waals surface area (Å²) in [5, 5.41) is 0. The molecule has 1 amide bonds. The van der Waals surface area contributed by atoms with Gasteiger partial charge in [0.05, 0.1) is 5.92 Å². The average Bonchev–Trinajstić information content (AvgIpc) is 2.68. The SMILES string of the molecule is O=C([C@H]1COc2ccccc2C1)N1CCC(N2CCSCC2)CC1. The number of piperidine rings is 1. The van der Waals surface area contributed by atoms with Crippen molar-refractivity contribution in [1.29, 1.82) is 0 Å². The first-order valence-electron chi connectivity index (χ1n) is 9.12. The molecule has 0 radical (unpaired) electrons. The molecule has 3 aliphatic rings. The van der Waals surface area contributed by atoms with Crippen molar-refractivity contribution >= 4 is 17.7 Å². The highest BCUT2D eigenvalue weighted by molar-refractivity contribution is 7.99. The number of likely N-dealkylation sites (tertiary alicyclic amines) is 1. The molecule has 0 aromatic heterocycles. The molecule has 0 spiro atoms. The third-order valence-electron chi connectivity index (χ3n) is 5.57. The Morgan fingerprint density at radius 2 is 1.83 bits per heavy atom. The van der Waals surface area contributed by atoms with Gasteiger partial charge in [-0.25, -0.2) is 0 Å². The second-order valence-electron chi connectivity index (χ2n) is 7.02. The zero-order valence-electron chi connectivity index (χ0n) is 14.2. The number of hydrogen-bond donors (Lipinski definition) is 0. The van der Waals surface area contributed by atoms with E-state index in [0.29, 0.717) is 12.6 Å². The first-order chi connectivity index (χ1) is 11.8. The van der Waals surface area contributed by atoms with E-state index in [1.54, 1.807) is 0 Å². The van der Waals surface area contributed by atoms with Crippen LogP contribution in [0, 0.1) is 5.92 Å². The summed E-state index contributed by atoms with van der Waals surface area (Å²) in [6, 6.07) is 8.77. The molecule has 1 atom stereocenters. The fourth-order valence-corrected chi connectivity index (χ4v) is 5.07. The van der Waals surface area contributed by atoms with Gasteiger partial charge in [-0.3, -0.25) is 9.69 Å². The molecule has 0 unspecified atom stereocenters. The van der Waals surface area contributed by atoms with Crippen LogP contribution < -0.4 is 4.74 Å². The van der Waals surface area contributed by atoms with Crippen LogP contribution in [0.25, 0.3) is 0 Å². The number of benzene rings is 1. The largest absolute Gasteiger partial charge is 0.492 e. The molecule has 130 valence electrons. The van der Waals surface area contributed by atoms with Gasteiger partial charge in [0.1, 0.15) is 12.4 Å². The van der Waals surface area contributed by atoms with E-state index in [1.807, 2.05) is 18.2 Å². The number of fused-ring (bicyclic) bond motifs is 1. The molecule has 24 heavy (non-hydrogen) atoms. The molecule has 0 saturated carbocycles. The van der Waals surface area contributed by atoms with Crippen LogP contribution in [0.3, 0.4) is 0 Å². The van der Waals surface area contributed by atoms with Crippen LogP contribution >= 0.6 is 11.8 Å². The number of thioether (sulfide) groups is 1. The predicted molar refractivity (Wildman–Crippen MR) is 97.6 cm³/mol. The number of carbonyl (C=O) groups excluding carboxylic acids is 1. The predicted octanol–water partition coefficient (Wildman–Crippen LogP) is 2.28. The van der Waals surface area contributed by atoms with Gasteiger partial charge in [0.2, 0.25) is 5.91 Å². The lowest BCUT2D eigenvalue weighted by Crippen LogP contribution is -2.51. The maximum absolute atomic E-state index is 12.9. The highest BCUT2D eigenvalue weighted by Crippen LogP contribution is 2.29. The maximum atomic E-state index is 12.9. The average molecular weight is 346 g/mol. The number of ether oxygens (including phenoxy) is 1. The Balaban J connectivity index is 1.32. The van der Waals surface area contributed by atoms with Gasteiger partial charge in [-0.1, -0.05) is 18.2 Å². The molecule has 0 N–H and O–H groups in total. The van der Waals surface area contributed by atoms with Gasteiger partial charge in [-0.05, 0) is 30.9 Å². The van der Waals surface area contributed by atoms with Gasteiger partial charge in [0, 0.05) is 43.7 Å². The molecule has 0 bridgehead atoms. The summed E-state index contributed by atoms with van der Waals surface area (Å²) in [6.07, 6.45) is 3.07. The van der Waals surface area contributed by atoms with E-state index in [-0.39, 0.29) is 11.8 Å². The molecule has 4 nitrogen and oxygen atoms in total. The summed E-state index contributed by atoms with van der Waals surface area (Å²) in [4.78, 5) is 17.6. The Labute approximate surface area is 148 Å². The number of hydrogen-bond acceptors (Lipinski definition) is 4. The number of amides is 1. The molecule has 0 aliphatic carbocycles. The van der Waals surface area contributed by atoms with Crippen LogP contribution in [-0.4, -0.2) is 66.0 Å². The standard InChI is InChI=1S/C19H26N2O2S/c22-19(16-13-15-3-1-2-4-18(15)23-14-16)21-7-5-17(6-8-21)20-9-11-24-12-10-20/h1-4,16-17H,5-14H2/t16-/m1/s1. The zero-order chi connectivity index (χ0) is 16.4. The van der Waals surface area contributed by atoms with E-state index in [9.17, 15) is 4.79 Å². The lowest BCUT2D eigenvalue weighted by atomic mass is 9.94. The number of para-hydroxylation sites is 1. The summed E-state index contributed by atoms with van der Waals surface area (Å²) in [6.45, 7) is 4.78. The molecule has 2 fully saturated rings. The smallest absolute Gasteiger partial charge is 0.229 e. The second kappa shape index (κ2) is 7.36. The van der Waals surface area contributed by atoms with Crippen LogP contribution in [0.1, 0.15) is 18.4 Å². The van der Waals surface area contributed by atoms with E-state index < -0.39 is 0 Å². The highest BCUT2D eigenvalue weighted by Gasteiger charge is 2.33. The van der Waals surface area contributed by atoms with Crippen molar-refractivity contribution in [2.45, 2.75) is 25.3 Å². The summed E-state index contributed by atoms with van der Waals surface area (Å²) in [7, 11) is 0. The van der Waals surface area contributed by atoms with Gasteiger partial charge >= 0.3 is 0 Å². The Morgan fingerprint density at radius 3 is 2.62 bits per heavy atom. The third-order valence-corrected chi connectivity index (χ3v) is 6.51. The minimum Gasteiger partial charge on any atom is -0.492 e. The second-order valence-corrected chi connectivity index (χ2v) is 8.25. The van der Waals surface area contributed by atoms with E-state index in [0.717, 1.165) is 38.1 Å². The van der Waals surface area contributed by atoms with Crippen molar-refractivity contribution in [3.8, 4) is 5.75 Å². The van der Waals surface area contributed by atoms with Crippen molar-refractivity contribution in [1.82, 2.24) is 9.80 Å². The van der Waals surface area contributed by atoms with Crippen LogP contribution in [0.2, 0.25) is 0 Å². The monoisotopic (exact) mass is 346 g/mol. The molecular formula is C19H26N2O2S. The highest BCUT2D eigenvalue weighted by atomic mass is 32.2. The molecule has 4 rings (SSSR count). The summed E-state index contributed by atoms with van der Waals surface area (Å²) in [5.41, 5.74) is 1.17. The van der Waals surface area contributed by atoms with Crippen molar-refractivity contribution in [3.05, 3.63) is 29.8 Å². The molecular weight excluding hydrogens is 320 g/mol. The minimum atomic E-state index is -0.0113. The first-order valence-corrected chi connectivity index (χ1v) is 10.3. The van der Waals surface area contributed by atoms with E-state index in [1.165, 1.54) is 30.2 Å². The van der Waals surface area contributed by atoms with Gasteiger partial charge in [-0.2, -0.15) is 11.8 Å². The Bertz CT molecular complexity index is 580. The summed E-state index contributed by atoms with van der Waals surface area (Å²) < 4.78 is 5.81. The molecule has 1 aromatic rings. The Morgan fingerprint density at radius 1 is 1.08 bits per heavy atom. The topological polar surface area (TPSA) is 32.8 Å². The molecule has 1 aromatic carbocycles. The van der Waals surface area contributed by atoms with Gasteiger partial charge in [0.25, 0.3) is 0 Å². The zero-order valence-corrected chi connectivity index (χ0v) is 15.0. The van der Waals surface area contributed by atoms with Gasteiger partial charge in [0.15, 0.2) is 0 Å². The number of carbonyl (C=O) groups is 1. The maximum Gasteiger partial charge on any atom is 0.229 e. The minimum absolute atomic E-state index is 0.0113.